The molecule has 0 N–H and O–H groups in total. The highest BCUT2D eigenvalue weighted by Gasteiger charge is 2.13. The van der Waals surface area contributed by atoms with Crippen LogP contribution in [0, 0.1) is 0 Å². The van der Waals surface area contributed by atoms with Crippen molar-refractivity contribution in [2.75, 3.05) is 7.11 Å². The first-order chi connectivity index (χ1) is 12.3. The molecule has 3 heteroatoms. The molecular weight excluding hydrogens is 310 g/mol. The number of benzene rings is 4. The van der Waals surface area contributed by atoms with Crippen molar-refractivity contribution in [2.45, 2.75) is 0 Å². The topological polar surface area (TPSA) is 35.3 Å². The molecule has 1 aromatic heterocycles. The van der Waals surface area contributed by atoms with Crippen LogP contribution in [0.1, 0.15) is 0 Å². The second-order valence-corrected chi connectivity index (χ2v) is 6.05. The van der Waals surface area contributed by atoms with Crippen molar-refractivity contribution in [1.82, 2.24) is 4.98 Å². The first kappa shape index (κ1) is 14.1. The standard InChI is InChI=1S/C22H15NO2/c1-24-16-11-9-15-10-12-20-21(19(15)13-16)25-22(23-20)18-8-4-6-14-5-2-3-7-17(14)18/h2-13H,1H3. The van der Waals surface area contributed by atoms with Crippen LogP contribution in [0.5, 0.6) is 5.75 Å². The molecule has 0 aliphatic rings. The first-order valence-electron chi connectivity index (χ1n) is 8.19. The van der Waals surface area contributed by atoms with Crippen molar-refractivity contribution in [3.8, 4) is 17.2 Å². The minimum Gasteiger partial charge on any atom is -0.497 e. The van der Waals surface area contributed by atoms with Gasteiger partial charge in [0.15, 0.2) is 5.58 Å². The number of methoxy groups -OCH3 is 1. The summed E-state index contributed by atoms with van der Waals surface area (Å²) in [7, 11) is 1.67. The number of fused-ring (bicyclic) bond motifs is 4. The number of ether oxygens (including phenoxy) is 1. The Morgan fingerprint density at radius 3 is 2.52 bits per heavy atom. The molecule has 0 fully saturated rings. The molecule has 1 heterocycles. The Hall–Kier alpha value is -3.33. The molecule has 0 saturated heterocycles. The summed E-state index contributed by atoms with van der Waals surface area (Å²) in [5.74, 6) is 1.45. The minimum atomic E-state index is 0.641. The number of nitrogens with zero attached hydrogens (tertiary/aromatic N) is 1. The van der Waals surface area contributed by atoms with Crippen molar-refractivity contribution in [1.29, 1.82) is 0 Å². The van der Waals surface area contributed by atoms with E-state index >= 15 is 0 Å². The fraction of sp³-hybridized carbons (Fsp3) is 0.0455. The number of aromatic nitrogens is 1. The molecule has 0 amide bonds. The molecule has 0 aliphatic heterocycles. The highest BCUT2D eigenvalue weighted by molar-refractivity contribution is 6.05. The predicted octanol–water partition coefficient (Wildman–Crippen LogP) is 5.81. The molecule has 120 valence electrons. The van der Waals surface area contributed by atoms with Gasteiger partial charge in [0.1, 0.15) is 11.3 Å². The number of hydrogen-bond acceptors (Lipinski definition) is 3. The maximum atomic E-state index is 6.21. The number of oxazole rings is 1. The lowest BCUT2D eigenvalue weighted by Gasteiger charge is -2.03. The number of rotatable bonds is 2. The average Bonchev–Trinajstić information content (AvgIpc) is 3.11. The maximum Gasteiger partial charge on any atom is 0.227 e. The molecule has 25 heavy (non-hydrogen) atoms. The highest BCUT2D eigenvalue weighted by Crippen LogP contribution is 2.34. The van der Waals surface area contributed by atoms with Crippen molar-refractivity contribution < 1.29 is 9.15 Å². The Labute approximate surface area is 144 Å². The lowest BCUT2D eigenvalue weighted by atomic mass is 10.0. The molecule has 0 radical (unpaired) electrons. The fourth-order valence-corrected chi connectivity index (χ4v) is 3.34. The highest BCUT2D eigenvalue weighted by atomic mass is 16.5. The van der Waals surface area contributed by atoms with Gasteiger partial charge in [0.2, 0.25) is 5.89 Å². The lowest BCUT2D eigenvalue weighted by molar-refractivity contribution is 0.415. The van der Waals surface area contributed by atoms with E-state index in [9.17, 15) is 0 Å². The van der Waals surface area contributed by atoms with E-state index in [2.05, 4.69) is 30.3 Å². The molecular formula is C22H15NO2. The van der Waals surface area contributed by atoms with E-state index < -0.39 is 0 Å². The summed E-state index contributed by atoms with van der Waals surface area (Å²) >= 11 is 0. The van der Waals surface area contributed by atoms with Gasteiger partial charge in [0.25, 0.3) is 0 Å². The molecule has 0 unspecified atom stereocenters. The zero-order valence-corrected chi connectivity index (χ0v) is 13.7. The number of hydrogen-bond donors (Lipinski definition) is 0. The van der Waals surface area contributed by atoms with Crippen LogP contribution in [0.25, 0.3) is 44.1 Å². The van der Waals surface area contributed by atoms with E-state index in [0.717, 1.165) is 38.6 Å². The van der Waals surface area contributed by atoms with Crippen LogP contribution >= 0.6 is 0 Å². The molecule has 5 aromatic rings. The van der Waals surface area contributed by atoms with Gasteiger partial charge in [-0.1, -0.05) is 48.5 Å². The van der Waals surface area contributed by atoms with Gasteiger partial charge < -0.3 is 9.15 Å². The average molecular weight is 325 g/mol. The van der Waals surface area contributed by atoms with Gasteiger partial charge in [-0.15, -0.1) is 0 Å². The zero-order valence-electron chi connectivity index (χ0n) is 13.7. The first-order valence-corrected chi connectivity index (χ1v) is 8.19. The zero-order chi connectivity index (χ0) is 16.8. The van der Waals surface area contributed by atoms with Gasteiger partial charge in [-0.25, -0.2) is 4.98 Å². The third-order valence-corrected chi connectivity index (χ3v) is 4.60. The van der Waals surface area contributed by atoms with Crippen LogP contribution < -0.4 is 4.74 Å². The van der Waals surface area contributed by atoms with Gasteiger partial charge in [-0.2, -0.15) is 0 Å². The summed E-state index contributed by atoms with van der Waals surface area (Å²) in [6, 6.07) is 24.5. The minimum absolute atomic E-state index is 0.641. The second-order valence-electron chi connectivity index (χ2n) is 6.05. The van der Waals surface area contributed by atoms with Gasteiger partial charge in [-0.3, -0.25) is 0 Å². The normalized spacial score (nSPS) is 11.4. The van der Waals surface area contributed by atoms with Gasteiger partial charge in [0.05, 0.1) is 7.11 Å². The second kappa shape index (κ2) is 5.35. The molecule has 0 bridgehead atoms. The van der Waals surface area contributed by atoms with Crippen molar-refractivity contribution >= 4 is 32.6 Å². The summed E-state index contributed by atoms with van der Waals surface area (Å²) in [5.41, 5.74) is 2.65. The summed E-state index contributed by atoms with van der Waals surface area (Å²) in [4.78, 5) is 4.73. The van der Waals surface area contributed by atoms with Crippen LogP contribution in [0.3, 0.4) is 0 Å². The van der Waals surface area contributed by atoms with Crippen LogP contribution in [0.4, 0.5) is 0 Å². The third kappa shape index (κ3) is 2.17. The Bertz CT molecular complexity index is 1230. The Balaban J connectivity index is 1.81. The molecule has 0 saturated carbocycles. The molecule has 0 aliphatic carbocycles. The molecule has 4 aromatic carbocycles. The van der Waals surface area contributed by atoms with Crippen molar-refractivity contribution in [3.05, 3.63) is 72.8 Å². The molecule has 0 atom stereocenters. The van der Waals surface area contributed by atoms with E-state index in [1.807, 2.05) is 42.5 Å². The van der Waals surface area contributed by atoms with Crippen molar-refractivity contribution in [2.24, 2.45) is 0 Å². The summed E-state index contributed by atoms with van der Waals surface area (Å²) in [6.45, 7) is 0. The Kier molecular flexibility index (Phi) is 3.01. The van der Waals surface area contributed by atoms with Crippen LogP contribution in [-0.4, -0.2) is 12.1 Å². The van der Waals surface area contributed by atoms with E-state index in [4.69, 9.17) is 14.1 Å². The maximum absolute atomic E-state index is 6.21. The van der Waals surface area contributed by atoms with Gasteiger partial charge >= 0.3 is 0 Å². The van der Waals surface area contributed by atoms with Crippen molar-refractivity contribution in [3.63, 3.8) is 0 Å². The monoisotopic (exact) mass is 325 g/mol. The SMILES string of the molecule is COc1ccc2ccc3nc(-c4cccc5ccccc45)oc3c2c1. The summed E-state index contributed by atoms with van der Waals surface area (Å²) in [6.07, 6.45) is 0. The van der Waals surface area contributed by atoms with Gasteiger partial charge in [0, 0.05) is 10.9 Å². The Morgan fingerprint density at radius 1 is 0.800 bits per heavy atom. The van der Waals surface area contributed by atoms with E-state index in [1.54, 1.807) is 7.11 Å². The quantitative estimate of drug-likeness (QED) is 0.411. The van der Waals surface area contributed by atoms with E-state index in [-0.39, 0.29) is 0 Å². The predicted molar refractivity (Wildman–Crippen MR) is 101 cm³/mol. The third-order valence-electron chi connectivity index (χ3n) is 4.60. The Morgan fingerprint density at radius 2 is 1.60 bits per heavy atom. The molecule has 5 rings (SSSR count). The van der Waals surface area contributed by atoms with Gasteiger partial charge in [-0.05, 0) is 40.4 Å². The lowest BCUT2D eigenvalue weighted by Crippen LogP contribution is -1.82. The largest absolute Gasteiger partial charge is 0.497 e. The van der Waals surface area contributed by atoms with E-state index in [0.29, 0.717) is 5.89 Å². The van der Waals surface area contributed by atoms with E-state index in [1.165, 1.54) is 5.39 Å². The van der Waals surface area contributed by atoms with Crippen LogP contribution in [0.2, 0.25) is 0 Å². The molecule has 0 spiro atoms. The molecule has 3 nitrogen and oxygen atoms in total. The summed E-state index contributed by atoms with van der Waals surface area (Å²) in [5, 5.41) is 4.43. The van der Waals surface area contributed by atoms with Crippen LogP contribution in [0.15, 0.2) is 77.2 Å². The fourth-order valence-electron chi connectivity index (χ4n) is 3.34. The smallest absolute Gasteiger partial charge is 0.227 e. The summed E-state index contributed by atoms with van der Waals surface area (Å²) < 4.78 is 11.6. The van der Waals surface area contributed by atoms with Crippen LogP contribution in [-0.2, 0) is 0 Å².